The normalized spacial score (nSPS) is 17.4. The number of phenols is 1. The smallest absolute Gasteiger partial charge is 0.120 e. The van der Waals surface area contributed by atoms with Crippen molar-refractivity contribution in [2.75, 3.05) is 20.1 Å². The summed E-state index contributed by atoms with van der Waals surface area (Å²) in [6, 6.07) is 7.23. The van der Waals surface area contributed by atoms with Gasteiger partial charge >= 0.3 is 0 Å². The van der Waals surface area contributed by atoms with Gasteiger partial charge in [0, 0.05) is 24.6 Å². The summed E-state index contributed by atoms with van der Waals surface area (Å²) in [4.78, 5) is 2.16. The van der Waals surface area contributed by atoms with Gasteiger partial charge in [0.2, 0.25) is 0 Å². The minimum atomic E-state index is 0.252. The van der Waals surface area contributed by atoms with E-state index >= 15 is 0 Å². The van der Waals surface area contributed by atoms with Gasteiger partial charge < -0.3 is 10.0 Å². The second kappa shape index (κ2) is 3.32. The highest BCUT2D eigenvalue weighted by Crippen LogP contribution is 2.34. The quantitative estimate of drug-likeness (QED) is 0.722. The van der Waals surface area contributed by atoms with Crippen molar-refractivity contribution in [3.63, 3.8) is 0 Å². The number of hydrogen-bond donors (Lipinski definition) is 1. The molecule has 0 saturated carbocycles. The number of nitriles is 1. The number of phenolic OH excluding ortho intramolecular Hbond substituents is 1. The van der Waals surface area contributed by atoms with Crippen molar-refractivity contribution in [3.8, 4) is 11.8 Å². The molecule has 1 saturated heterocycles. The monoisotopic (exact) mass is 188 g/mol. The fraction of sp³-hybridized carbons (Fsp3) is 0.364. The first-order chi connectivity index (χ1) is 6.72. The molecule has 3 nitrogen and oxygen atoms in total. The van der Waals surface area contributed by atoms with Crippen LogP contribution < -0.4 is 0 Å². The second-order valence-electron chi connectivity index (χ2n) is 3.77. The Morgan fingerprint density at radius 3 is 2.79 bits per heavy atom. The molecule has 0 radical (unpaired) electrons. The van der Waals surface area contributed by atoms with E-state index in [1.165, 1.54) is 0 Å². The molecule has 1 heterocycles. The van der Waals surface area contributed by atoms with Crippen molar-refractivity contribution in [3.05, 3.63) is 29.3 Å². The van der Waals surface area contributed by atoms with Crippen LogP contribution in [0.25, 0.3) is 0 Å². The SMILES string of the molecule is CN1CC(c2c(O)cccc2C#N)C1. The first-order valence-electron chi connectivity index (χ1n) is 4.63. The van der Waals surface area contributed by atoms with Gasteiger partial charge in [-0.1, -0.05) is 6.07 Å². The number of rotatable bonds is 1. The molecule has 1 aliphatic heterocycles. The van der Waals surface area contributed by atoms with Gasteiger partial charge in [-0.3, -0.25) is 0 Å². The summed E-state index contributed by atoms with van der Waals surface area (Å²) in [6.45, 7) is 1.85. The zero-order valence-electron chi connectivity index (χ0n) is 8.07. The molecule has 0 spiro atoms. The Hall–Kier alpha value is -1.53. The van der Waals surface area contributed by atoms with E-state index in [0.29, 0.717) is 11.5 Å². The van der Waals surface area contributed by atoms with Crippen LogP contribution in [0.5, 0.6) is 5.75 Å². The van der Waals surface area contributed by atoms with Crippen molar-refractivity contribution in [2.24, 2.45) is 0 Å². The molecule has 14 heavy (non-hydrogen) atoms. The van der Waals surface area contributed by atoms with Gasteiger partial charge in [-0.15, -0.1) is 0 Å². The maximum atomic E-state index is 9.67. The van der Waals surface area contributed by atoms with Crippen LogP contribution in [-0.4, -0.2) is 30.1 Å². The second-order valence-corrected chi connectivity index (χ2v) is 3.77. The van der Waals surface area contributed by atoms with Crippen molar-refractivity contribution < 1.29 is 5.11 Å². The van der Waals surface area contributed by atoms with Gasteiger partial charge in [-0.2, -0.15) is 5.26 Å². The first-order valence-corrected chi connectivity index (χ1v) is 4.63. The summed E-state index contributed by atoms with van der Waals surface area (Å²) in [7, 11) is 2.03. The molecular formula is C11H12N2O. The summed E-state index contributed by atoms with van der Waals surface area (Å²) < 4.78 is 0. The number of benzene rings is 1. The van der Waals surface area contributed by atoms with E-state index in [0.717, 1.165) is 18.7 Å². The Morgan fingerprint density at radius 2 is 2.21 bits per heavy atom. The lowest BCUT2D eigenvalue weighted by Crippen LogP contribution is -2.42. The van der Waals surface area contributed by atoms with Crippen LogP contribution in [0.4, 0.5) is 0 Å². The van der Waals surface area contributed by atoms with Crippen molar-refractivity contribution in [2.45, 2.75) is 5.92 Å². The van der Waals surface area contributed by atoms with Gasteiger partial charge in [0.15, 0.2) is 0 Å². The Bertz CT molecular complexity index is 389. The van der Waals surface area contributed by atoms with Gasteiger partial charge in [-0.05, 0) is 19.2 Å². The highest BCUT2D eigenvalue weighted by Gasteiger charge is 2.28. The fourth-order valence-corrected chi connectivity index (χ4v) is 1.96. The molecule has 1 aliphatic rings. The molecule has 1 fully saturated rings. The topological polar surface area (TPSA) is 47.3 Å². The van der Waals surface area contributed by atoms with Crippen LogP contribution in [0.15, 0.2) is 18.2 Å². The van der Waals surface area contributed by atoms with Crippen molar-refractivity contribution in [1.82, 2.24) is 4.90 Å². The molecule has 0 atom stereocenters. The van der Waals surface area contributed by atoms with Crippen molar-refractivity contribution in [1.29, 1.82) is 5.26 Å². The third-order valence-electron chi connectivity index (χ3n) is 2.68. The van der Waals surface area contributed by atoms with E-state index in [1.54, 1.807) is 18.2 Å². The van der Waals surface area contributed by atoms with Crippen LogP contribution in [0.1, 0.15) is 17.0 Å². The lowest BCUT2D eigenvalue weighted by atomic mass is 9.88. The molecule has 3 heteroatoms. The van der Waals surface area contributed by atoms with E-state index < -0.39 is 0 Å². The van der Waals surface area contributed by atoms with Gasteiger partial charge in [0.05, 0.1) is 11.6 Å². The molecule has 72 valence electrons. The number of hydrogen-bond acceptors (Lipinski definition) is 3. The highest BCUT2D eigenvalue weighted by molar-refractivity contribution is 5.49. The molecule has 0 aromatic heterocycles. The summed E-state index contributed by atoms with van der Waals surface area (Å²) in [5.41, 5.74) is 1.41. The molecular weight excluding hydrogens is 176 g/mol. The van der Waals surface area contributed by atoms with Gasteiger partial charge in [0.25, 0.3) is 0 Å². The van der Waals surface area contributed by atoms with Crippen LogP contribution in [0, 0.1) is 11.3 Å². The minimum absolute atomic E-state index is 0.252. The van der Waals surface area contributed by atoms with Gasteiger partial charge in [0.1, 0.15) is 5.75 Å². The summed E-state index contributed by atoms with van der Waals surface area (Å²) in [5.74, 6) is 0.568. The first kappa shape index (κ1) is 9.04. The summed E-state index contributed by atoms with van der Waals surface area (Å²) in [5, 5.41) is 18.6. The van der Waals surface area contributed by atoms with Crippen LogP contribution in [0.2, 0.25) is 0 Å². The zero-order chi connectivity index (χ0) is 10.1. The summed E-state index contributed by atoms with van der Waals surface area (Å²) >= 11 is 0. The van der Waals surface area contributed by atoms with Crippen LogP contribution >= 0.6 is 0 Å². The molecule has 1 N–H and O–H groups in total. The molecule has 0 bridgehead atoms. The molecule has 2 rings (SSSR count). The van der Waals surface area contributed by atoms with E-state index in [1.807, 2.05) is 7.05 Å². The molecule has 1 aromatic rings. The fourth-order valence-electron chi connectivity index (χ4n) is 1.96. The lowest BCUT2D eigenvalue weighted by molar-refractivity contribution is 0.187. The average molecular weight is 188 g/mol. The third kappa shape index (κ3) is 1.34. The maximum Gasteiger partial charge on any atom is 0.120 e. The van der Waals surface area contributed by atoms with E-state index in [-0.39, 0.29) is 5.75 Å². The lowest BCUT2D eigenvalue weighted by Gasteiger charge is -2.37. The maximum absolute atomic E-state index is 9.67. The number of likely N-dealkylation sites (N-methyl/N-ethyl adjacent to an activating group) is 1. The molecule has 0 amide bonds. The minimum Gasteiger partial charge on any atom is -0.508 e. The predicted octanol–water partition coefficient (Wildman–Crippen LogP) is 1.29. The third-order valence-corrected chi connectivity index (χ3v) is 2.68. The zero-order valence-corrected chi connectivity index (χ0v) is 8.07. The van der Waals surface area contributed by atoms with Gasteiger partial charge in [-0.25, -0.2) is 0 Å². The van der Waals surface area contributed by atoms with Crippen LogP contribution in [0.3, 0.4) is 0 Å². The molecule has 0 aliphatic carbocycles. The Morgan fingerprint density at radius 1 is 1.50 bits per heavy atom. The Balaban J connectivity index is 2.37. The predicted molar refractivity (Wildman–Crippen MR) is 53.1 cm³/mol. The highest BCUT2D eigenvalue weighted by atomic mass is 16.3. The molecule has 0 unspecified atom stereocenters. The van der Waals surface area contributed by atoms with Crippen LogP contribution in [-0.2, 0) is 0 Å². The van der Waals surface area contributed by atoms with E-state index in [9.17, 15) is 5.11 Å². The standard InChI is InChI=1S/C11H12N2O/c1-13-6-9(7-13)11-8(5-12)3-2-4-10(11)14/h2-4,9,14H,6-7H2,1H3. The Kier molecular flexibility index (Phi) is 2.14. The number of aromatic hydroxyl groups is 1. The average Bonchev–Trinajstić information content (AvgIpc) is 2.13. The summed E-state index contributed by atoms with van der Waals surface area (Å²) in [6.07, 6.45) is 0. The van der Waals surface area contributed by atoms with E-state index in [4.69, 9.17) is 5.26 Å². The largest absolute Gasteiger partial charge is 0.508 e. The van der Waals surface area contributed by atoms with Crippen molar-refractivity contribution >= 4 is 0 Å². The Labute approximate surface area is 83.2 Å². The molecule has 1 aromatic carbocycles. The number of likely N-dealkylation sites (tertiary alicyclic amines) is 1. The van der Waals surface area contributed by atoms with E-state index in [2.05, 4.69) is 11.0 Å². The number of nitrogens with zero attached hydrogens (tertiary/aromatic N) is 2.